The summed E-state index contributed by atoms with van der Waals surface area (Å²) in [6.45, 7) is 2.32. The predicted molar refractivity (Wildman–Crippen MR) is 85.8 cm³/mol. The molecule has 0 spiro atoms. The lowest BCUT2D eigenvalue weighted by Crippen LogP contribution is -2.32. The van der Waals surface area contributed by atoms with E-state index in [9.17, 15) is 18.0 Å². The Morgan fingerprint density at radius 3 is 2.57 bits per heavy atom. The molecule has 1 rings (SSSR count). The monoisotopic (exact) mass is 377 g/mol. The molecule has 23 heavy (non-hydrogen) atoms. The van der Waals surface area contributed by atoms with E-state index in [1.807, 2.05) is 6.92 Å². The molecule has 0 unspecified atom stereocenters. The summed E-state index contributed by atoms with van der Waals surface area (Å²) in [5, 5.41) is 5.68. The minimum atomic E-state index is -4.48. The van der Waals surface area contributed by atoms with Crippen molar-refractivity contribution in [3.05, 3.63) is 23.9 Å². The fourth-order valence-electron chi connectivity index (χ4n) is 1.49. The van der Waals surface area contributed by atoms with Crippen LogP contribution >= 0.6 is 24.8 Å². The molecule has 1 aromatic rings. The predicted octanol–water partition coefficient (Wildman–Crippen LogP) is 2.60. The maximum absolute atomic E-state index is 12.1. The van der Waals surface area contributed by atoms with Crippen molar-refractivity contribution in [2.75, 3.05) is 26.2 Å². The van der Waals surface area contributed by atoms with Gasteiger partial charge in [0.05, 0.1) is 0 Å². The zero-order chi connectivity index (χ0) is 15.7. The van der Waals surface area contributed by atoms with Crippen LogP contribution in [0.2, 0.25) is 0 Å². The normalized spacial score (nSPS) is 10.3. The summed E-state index contributed by atoms with van der Waals surface area (Å²) >= 11 is 0. The fraction of sp³-hybridized carbons (Fsp3) is 0.538. The zero-order valence-electron chi connectivity index (χ0n) is 12.5. The average molecular weight is 378 g/mol. The van der Waals surface area contributed by atoms with Crippen LogP contribution in [0.15, 0.2) is 18.3 Å². The van der Waals surface area contributed by atoms with Gasteiger partial charge in [-0.1, -0.05) is 6.92 Å². The second-order valence-corrected chi connectivity index (χ2v) is 4.27. The van der Waals surface area contributed by atoms with E-state index in [4.69, 9.17) is 0 Å². The standard InChI is InChI=1S/C13H18F3N3O2.2ClH/c1-2-5-17-7-8-18-11(20)10-4-3-6-19-12(10)21-9-13(14,15)16;;/h3-4,6,17H,2,5,7-9H2,1H3,(H,18,20);2*1H. The molecule has 0 aliphatic rings. The van der Waals surface area contributed by atoms with Gasteiger partial charge in [-0.25, -0.2) is 4.98 Å². The van der Waals surface area contributed by atoms with Crippen molar-refractivity contribution in [1.82, 2.24) is 15.6 Å². The Morgan fingerprint density at radius 2 is 1.96 bits per heavy atom. The van der Waals surface area contributed by atoms with Crippen LogP contribution in [0, 0.1) is 0 Å². The Hall–Kier alpha value is -1.25. The van der Waals surface area contributed by atoms with E-state index < -0.39 is 18.7 Å². The van der Waals surface area contributed by atoms with Gasteiger partial charge in [0.2, 0.25) is 5.88 Å². The van der Waals surface area contributed by atoms with Crippen molar-refractivity contribution in [2.24, 2.45) is 0 Å². The van der Waals surface area contributed by atoms with Crippen LogP contribution in [0.3, 0.4) is 0 Å². The number of alkyl halides is 3. The molecule has 0 radical (unpaired) electrons. The van der Waals surface area contributed by atoms with Gasteiger partial charge in [0.1, 0.15) is 5.56 Å². The highest BCUT2D eigenvalue weighted by atomic mass is 35.5. The molecule has 1 heterocycles. The topological polar surface area (TPSA) is 63.2 Å². The molecule has 134 valence electrons. The van der Waals surface area contributed by atoms with Crippen LogP contribution in [-0.4, -0.2) is 43.3 Å². The van der Waals surface area contributed by atoms with E-state index in [0.29, 0.717) is 13.1 Å². The van der Waals surface area contributed by atoms with E-state index in [0.717, 1.165) is 13.0 Å². The molecule has 0 fully saturated rings. The van der Waals surface area contributed by atoms with Gasteiger partial charge in [0.25, 0.3) is 5.91 Å². The number of amides is 1. The van der Waals surface area contributed by atoms with E-state index in [1.165, 1.54) is 18.3 Å². The van der Waals surface area contributed by atoms with Gasteiger partial charge in [-0.3, -0.25) is 4.79 Å². The Balaban J connectivity index is 0. The summed E-state index contributed by atoms with van der Waals surface area (Å²) in [4.78, 5) is 15.5. The Kier molecular flexibility index (Phi) is 12.7. The molecule has 0 aromatic carbocycles. The number of pyridine rings is 1. The number of aromatic nitrogens is 1. The minimum absolute atomic E-state index is 0. The number of carbonyl (C=O) groups excluding carboxylic acids is 1. The second kappa shape index (κ2) is 12.2. The highest BCUT2D eigenvalue weighted by Gasteiger charge is 2.29. The molecule has 2 N–H and O–H groups in total. The summed E-state index contributed by atoms with van der Waals surface area (Å²) in [6.07, 6.45) is -2.23. The lowest BCUT2D eigenvalue weighted by Gasteiger charge is -2.12. The van der Waals surface area contributed by atoms with E-state index in [2.05, 4.69) is 20.4 Å². The summed E-state index contributed by atoms with van der Waals surface area (Å²) in [5.41, 5.74) is -0.0164. The molecule has 0 aliphatic carbocycles. The van der Waals surface area contributed by atoms with Gasteiger partial charge in [-0.2, -0.15) is 13.2 Å². The Labute approximate surface area is 145 Å². The van der Waals surface area contributed by atoms with Gasteiger partial charge in [0.15, 0.2) is 6.61 Å². The molecule has 0 aliphatic heterocycles. The first-order valence-electron chi connectivity index (χ1n) is 6.57. The zero-order valence-corrected chi connectivity index (χ0v) is 14.1. The molecule has 10 heteroatoms. The molecule has 0 saturated heterocycles. The van der Waals surface area contributed by atoms with Gasteiger partial charge in [-0.15, -0.1) is 24.8 Å². The molecular weight excluding hydrogens is 358 g/mol. The number of hydrogen-bond donors (Lipinski definition) is 2. The van der Waals surface area contributed by atoms with Crippen molar-refractivity contribution in [3.63, 3.8) is 0 Å². The van der Waals surface area contributed by atoms with Crippen LogP contribution in [0.25, 0.3) is 0 Å². The van der Waals surface area contributed by atoms with Crippen molar-refractivity contribution in [2.45, 2.75) is 19.5 Å². The summed E-state index contributed by atoms with van der Waals surface area (Å²) in [6, 6.07) is 2.83. The van der Waals surface area contributed by atoms with Crippen molar-refractivity contribution >= 4 is 30.7 Å². The minimum Gasteiger partial charge on any atom is -0.467 e. The van der Waals surface area contributed by atoms with Crippen LogP contribution in [0.4, 0.5) is 13.2 Å². The SMILES string of the molecule is CCCNCCNC(=O)c1cccnc1OCC(F)(F)F.Cl.Cl. The van der Waals surface area contributed by atoms with Crippen molar-refractivity contribution in [1.29, 1.82) is 0 Å². The van der Waals surface area contributed by atoms with Gasteiger partial charge in [0, 0.05) is 19.3 Å². The van der Waals surface area contributed by atoms with Crippen LogP contribution in [-0.2, 0) is 0 Å². The lowest BCUT2D eigenvalue weighted by molar-refractivity contribution is -0.154. The maximum atomic E-state index is 12.1. The molecule has 0 atom stereocenters. The number of nitrogens with zero attached hydrogens (tertiary/aromatic N) is 1. The largest absolute Gasteiger partial charge is 0.467 e. The molecule has 5 nitrogen and oxygen atoms in total. The van der Waals surface area contributed by atoms with E-state index in [1.54, 1.807) is 0 Å². The number of rotatable bonds is 8. The number of hydrogen-bond acceptors (Lipinski definition) is 4. The van der Waals surface area contributed by atoms with Crippen molar-refractivity contribution in [3.8, 4) is 5.88 Å². The third-order valence-electron chi connectivity index (χ3n) is 2.40. The van der Waals surface area contributed by atoms with Crippen LogP contribution in [0.5, 0.6) is 5.88 Å². The molecule has 1 aromatic heterocycles. The number of nitrogens with one attached hydrogen (secondary N) is 2. The highest BCUT2D eigenvalue weighted by Crippen LogP contribution is 2.19. The van der Waals surface area contributed by atoms with Crippen LogP contribution < -0.4 is 15.4 Å². The molecule has 1 amide bonds. The lowest BCUT2D eigenvalue weighted by atomic mass is 10.2. The number of carbonyl (C=O) groups is 1. The first kappa shape index (κ1) is 24.0. The van der Waals surface area contributed by atoms with Crippen LogP contribution in [0.1, 0.15) is 23.7 Å². The Morgan fingerprint density at radius 1 is 1.26 bits per heavy atom. The molecular formula is C13H20Cl2F3N3O2. The first-order valence-corrected chi connectivity index (χ1v) is 6.57. The van der Waals surface area contributed by atoms with E-state index >= 15 is 0 Å². The van der Waals surface area contributed by atoms with Gasteiger partial charge >= 0.3 is 6.18 Å². The maximum Gasteiger partial charge on any atom is 0.422 e. The smallest absolute Gasteiger partial charge is 0.422 e. The van der Waals surface area contributed by atoms with Gasteiger partial charge in [-0.05, 0) is 25.1 Å². The fourth-order valence-corrected chi connectivity index (χ4v) is 1.49. The first-order chi connectivity index (χ1) is 9.94. The summed E-state index contributed by atoms with van der Waals surface area (Å²) in [7, 11) is 0. The summed E-state index contributed by atoms with van der Waals surface area (Å²) < 4.78 is 41.0. The highest BCUT2D eigenvalue weighted by molar-refractivity contribution is 5.96. The quantitative estimate of drug-likeness (QED) is 0.683. The number of ether oxygens (including phenoxy) is 1. The Bertz CT molecular complexity index is 462. The summed E-state index contributed by atoms with van der Waals surface area (Å²) in [5.74, 6) is -0.840. The third-order valence-corrected chi connectivity index (χ3v) is 2.40. The van der Waals surface area contributed by atoms with Gasteiger partial charge < -0.3 is 15.4 Å². The van der Waals surface area contributed by atoms with E-state index in [-0.39, 0.29) is 36.3 Å². The molecule has 0 saturated carbocycles. The number of halogens is 5. The van der Waals surface area contributed by atoms with Crippen molar-refractivity contribution < 1.29 is 22.7 Å². The average Bonchev–Trinajstić information content (AvgIpc) is 2.44. The molecule has 0 bridgehead atoms. The third kappa shape index (κ3) is 10.2. The second-order valence-electron chi connectivity index (χ2n) is 4.27.